The highest BCUT2D eigenvalue weighted by atomic mass is 35.5. The van der Waals surface area contributed by atoms with Crippen LogP contribution in [0.15, 0.2) is 48.5 Å². The monoisotopic (exact) mass is 567 g/mol. The Bertz CT molecular complexity index is 1150. The molecule has 0 radical (unpaired) electrons. The molecule has 0 heterocycles. The molecule has 37 heavy (non-hydrogen) atoms. The summed E-state index contributed by atoms with van der Waals surface area (Å²) in [4.78, 5) is 28.6. The molecule has 3 rings (SSSR count). The molecular weight excluding hydrogens is 533 g/mol. The molecule has 2 amide bonds. The number of hydrogen-bond donors (Lipinski definition) is 1. The first kappa shape index (κ1) is 29.3. The van der Waals surface area contributed by atoms with Gasteiger partial charge in [0.05, 0.1) is 11.9 Å². The Labute approximate surface area is 230 Å². The van der Waals surface area contributed by atoms with E-state index in [0.717, 1.165) is 41.8 Å². The Morgan fingerprint density at radius 1 is 1.03 bits per heavy atom. The topological polar surface area (TPSA) is 86.8 Å². The number of carbonyl (C=O) groups is 2. The van der Waals surface area contributed by atoms with E-state index in [9.17, 15) is 18.0 Å². The number of rotatable bonds is 11. The van der Waals surface area contributed by atoms with E-state index in [2.05, 4.69) is 5.32 Å². The van der Waals surface area contributed by atoms with Gasteiger partial charge < -0.3 is 10.2 Å². The Kier molecular flexibility index (Phi) is 10.7. The number of anilines is 1. The lowest BCUT2D eigenvalue weighted by atomic mass is 9.95. The van der Waals surface area contributed by atoms with Crippen molar-refractivity contribution in [3.63, 3.8) is 0 Å². The summed E-state index contributed by atoms with van der Waals surface area (Å²) in [7, 11) is -3.85. The van der Waals surface area contributed by atoms with E-state index in [0.29, 0.717) is 12.8 Å². The van der Waals surface area contributed by atoms with Gasteiger partial charge in [-0.3, -0.25) is 13.9 Å². The molecule has 202 valence electrons. The first-order valence-corrected chi connectivity index (χ1v) is 15.3. The predicted octanol–water partition coefficient (Wildman–Crippen LogP) is 5.06. The molecule has 1 aliphatic rings. The van der Waals surface area contributed by atoms with Crippen molar-refractivity contribution in [1.82, 2.24) is 10.2 Å². The number of carbonyl (C=O) groups excluding carboxylic acids is 2. The van der Waals surface area contributed by atoms with E-state index in [1.54, 1.807) is 0 Å². The van der Waals surface area contributed by atoms with E-state index in [-0.39, 0.29) is 34.2 Å². The first-order valence-electron chi connectivity index (χ1n) is 12.7. The number of halogens is 2. The van der Waals surface area contributed by atoms with Gasteiger partial charge in [0, 0.05) is 22.6 Å². The van der Waals surface area contributed by atoms with Gasteiger partial charge in [0.25, 0.3) is 0 Å². The second kappa shape index (κ2) is 13.5. The number of hydrogen-bond acceptors (Lipinski definition) is 4. The van der Waals surface area contributed by atoms with Gasteiger partial charge in [-0.1, -0.05) is 79.7 Å². The fraction of sp³-hybridized carbons (Fsp3) is 0.481. The van der Waals surface area contributed by atoms with Gasteiger partial charge in [-0.15, -0.1) is 0 Å². The van der Waals surface area contributed by atoms with Crippen LogP contribution in [0.2, 0.25) is 10.0 Å². The molecule has 0 aliphatic heterocycles. The summed E-state index contributed by atoms with van der Waals surface area (Å²) in [6.45, 7) is 1.66. The minimum absolute atomic E-state index is 0.0995. The molecule has 0 saturated heterocycles. The molecular formula is C27H35Cl2N3O4S. The standard InChI is InChI=1S/C27H35Cl2N3O4S/c1-3-25(27(34)30-23-12-8-5-9-13-23)31(15-14-20-10-6-4-7-11-20)26(33)19-32(37(2,35)36)24-17-21(28)16-22(29)18-24/h4,6-7,10-11,16-18,23,25H,3,5,8-9,12-15,19H2,1-2H3,(H,30,34)/t25-/m0/s1. The quantitative estimate of drug-likeness (QED) is 0.411. The van der Waals surface area contributed by atoms with Crippen LogP contribution in [0.4, 0.5) is 5.69 Å². The van der Waals surface area contributed by atoms with Gasteiger partial charge in [-0.2, -0.15) is 0 Å². The maximum atomic E-state index is 13.7. The first-order chi connectivity index (χ1) is 17.6. The van der Waals surface area contributed by atoms with Crippen LogP contribution in [-0.2, 0) is 26.0 Å². The zero-order valence-electron chi connectivity index (χ0n) is 21.3. The molecule has 1 aliphatic carbocycles. The van der Waals surface area contributed by atoms with E-state index >= 15 is 0 Å². The summed E-state index contributed by atoms with van der Waals surface area (Å²) < 4.78 is 26.4. The molecule has 7 nitrogen and oxygen atoms in total. The number of benzene rings is 2. The van der Waals surface area contributed by atoms with Crippen molar-refractivity contribution in [3.8, 4) is 0 Å². The van der Waals surface area contributed by atoms with E-state index in [1.807, 2.05) is 37.3 Å². The van der Waals surface area contributed by atoms with Gasteiger partial charge in [0.2, 0.25) is 21.8 Å². The lowest BCUT2D eigenvalue weighted by Crippen LogP contribution is -2.54. The summed E-state index contributed by atoms with van der Waals surface area (Å²) in [6, 6.07) is 13.4. The molecule has 10 heteroatoms. The Hall–Kier alpha value is -2.29. The zero-order valence-corrected chi connectivity index (χ0v) is 23.7. The molecule has 2 aromatic carbocycles. The van der Waals surface area contributed by atoms with Crippen LogP contribution >= 0.6 is 23.2 Å². The highest BCUT2D eigenvalue weighted by molar-refractivity contribution is 7.92. The van der Waals surface area contributed by atoms with Crippen LogP contribution in [0.1, 0.15) is 51.0 Å². The fourth-order valence-electron chi connectivity index (χ4n) is 4.74. The molecule has 1 N–H and O–H groups in total. The number of nitrogens with zero attached hydrogens (tertiary/aromatic N) is 2. The third-order valence-corrected chi connectivity index (χ3v) is 8.21. The largest absolute Gasteiger partial charge is 0.352 e. The van der Waals surface area contributed by atoms with Gasteiger partial charge in [-0.25, -0.2) is 8.42 Å². The highest BCUT2D eigenvalue weighted by Gasteiger charge is 2.32. The van der Waals surface area contributed by atoms with Crippen molar-refractivity contribution < 1.29 is 18.0 Å². The van der Waals surface area contributed by atoms with Crippen molar-refractivity contribution in [2.24, 2.45) is 0 Å². The molecule has 0 unspecified atom stereocenters. The maximum Gasteiger partial charge on any atom is 0.244 e. The van der Waals surface area contributed by atoms with Crippen molar-refractivity contribution in [2.45, 2.75) is 64.0 Å². The van der Waals surface area contributed by atoms with Crippen LogP contribution in [0.3, 0.4) is 0 Å². The molecule has 0 bridgehead atoms. The van der Waals surface area contributed by atoms with E-state index < -0.39 is 28.5 Å². The van der Waals surface area contributed by atoms with Crippen molar-refractivity contribution in [1.29, 1.82) is 0 Å². The second-order valence-electron chi connectivity index (χ2n) is 9.49. The molecule has 2 aromatic rings. The lowest BCUT2D eigenvalue weighted by Gasteiger charge is -2.34. The molecule has 1 saturated carbocycles. The Morgan fingerprint density at radius 3 is 2.22 bits per heavy atom. The fourth-order valence-corrected chi connectivity index (χ4v) is 6.08. The predicted molar refractivity (Wildman–Crippen MR) is 150 cm³/mol. The Balaban J connectivity index is 1.88. The average Bonchev–Trinajstić information content (AvgIpc) is 2.84. The minimum Gasteiger partial charge on any atom is -0.352 e. The van der Waals surface area contributed by atoms with Crippen LogP contribution < -0.4 is 9.62 Å². The van der Waals surface area contributed by atoms with Crippen LogP contribution in [0.25, 0.3) is 0 Å². The van der Waals surface area contributed by atoms with Gasteiger partial charge in [-0.05, 0) is 49.4 Å². The summed E-state index contributed by atoms with van der Waals surface area (Å²) in [5, 5.41) is 3.64. The van der Waals surface area contributed by atoms with E-state index in [4.69, 9.17) is 23.2 Å². The van der Waals surface area contributed by atoms with Crippen LogP contribution in [0.5, 0.6) is 0 Å². The molecule has 0 spiro atoms. The van der Waals surface area contributed by atoms with Gasteiger partial charge >= 0.3 is 0 Å². The minimum atomic E-state index is -3.85. The number of sulfonamides is 1. The molecule has 0 aromatic heterocycles. The summed E-state index contributed by atoms with van der Waals surface area (Å²) in [6.07, 6.45) is 7.13. The van der Waals surface area contributed by atoms with Crippen molar-refractivity contribution in [2.75, 3.05) is 23.7 Å². The number of nitrogens with one attached hydrogen (secondary N) is 1. The average molecular weight is 569 g/mol. The molecule has 1 fully saturated rings. The lowest BCUT2D eigenvalue weighted by molar-refractivity contribution is -0.140. The summed E-state index contributed by atoms with van der Waals surface area (Å²) in [5.74, 6) is -0.671. The zero-order chi connectivity index (χ0) is 27.0. The Morgan fingerprint density at radius 2 is 1.65 bits per heavy atom. The third kappa shape index (κ3) is 8.62. The van der Waals surface area contributed by atoms with Crippen LogP contribution in [-0.4, -0.2) is 56.6 Å². The number of amides is 2. The SMILES string of the molecule is CC[C@@H](C(=O)NC1CCCCC1)N(CCc1ccccc1)C(=O)CN(c1cc(Cl)cc(Cl)c1)S(C)(=O)=O. The van der Waals surface area contributed by atoms with Crippen LogP contribution in [0, 0.1) is 0 Å². The third-order valence-electron chi connectivity index (χ3n) is 6.64. The van der Waals surface area contributed by atoms with Crippen molar-refractivity contribution in [3.05, 3.63) is 64.1 Å². The maximum absolute atomic E-state index is 13.7. The van der Waals surface area contributed by atoms with Gasteiger partial charge in [0.15, 0.2) is 0 Å². The summed E-state index contributed by atoms with van der Waals surface area (Å²) in [5.41, 5.74) is 1.21. The van der Waals surface area contributed by atoms with E-state index in [1.165, 1.54) is 29.5 Å². The highest BCUT2D eigenvalue weighted by Crippen LogP contribution is 2.27. The summed E-state index contributed by atoms with van der Waals surface area (Å²) >= 11 is 12.2. The van der Waals surface area contributed by atoms with Gasteiger partial charge in [0.1, 0.15) is 12.6 Å². The normalized spacial score (nSPS) is 15.1. The second-order valence-corrected chi connectivity index (χ2v) is 12.3. The molecule has 1 atom stereocenters. The van der Waals surface area contributed by atoms with Crippen molar-refractivity contribution >= 4 is 50.7 Å². The smallest absolute Gasteiger partial charge is 0.244 e.